The van der Waals surface area contributed by atoms with Gasteiger partial charge in [-0.1, -0.05) is 30.7 Å². The summed E-state index contributed by atoms with van der Waals surface area (Å²) in [6.07, 6.45) is 0. The molecule has 2 aliphatic carbocycles. The van der Waals surface area contributed by atoms with Crippen LogP contribution in [0.2, 0.25) is 0 Å². The Morgan fingerprint density at radius 3 is 2.35 bits per heavy atom. The van der Waals surface area contributed by atoms with E-state index in [1.807, 2.05) is 13.0 Å². The van der Waals surface area contributed by atoms with E-state index in [0.717, 1.165) is 4.90 Å². The van der Waals surface area contributed by atoms with Gasteiger partial charge in [0, 0.05) is 16.2 Å². The fraction of sp³-hybridized carbons (Fsp3) is 0.333. The third-order valence-corrected chi connectivity index (χ3v) is 4.49. The Kier molecular flexibility index (Phi) is 3.34. The van der Waals surface area contributed by atoms with Gasteiger partial charge in [0.1, 0.15) is 0 Å². The van der Waals surface area contributed by atoms with Crippen molar-refractivity contribution < 1.29 is 4.21 Å². The molecule has 0 amide bonds. The highest BCUT2D eigenvalue weighted by Crippen LogP contribution is 2.35. The van der Waals surface area contributed by atoms with Gasteiger partial charge in [0.15, 0.2) is 0 Å². The Bertz CT molecular complexity index is 557. The topological polar surface area (TPSA) is 17.1 Å². The fourth-order valence-electron chi connectivity index (χ4n) is 2.41. The predicted molar refractivity (Wildman–Crippen MR) is 74.2 cm³/mol. The van der Waals surface area contributed by atoms with E-state index >= 15 is 0 Å². The molecule has 0 aromatic carbocycles. The second-order valence-corrected chi connectivity index (χ2v) is 6.23. The van der Waals surface area contributed by atoms with Crippen molar-refractivity contribution in [1.82, 2.24) is 0 Å². The van der Waals surface area contributed by atoms with E-state index in [9.17, 15) is 4.21 Å². The Morgan fingerprint density at radius 2 is 1.71 bits per heavy atom. The largest absolute Gasteiger partial charge is 0.254 e. The van der Waals surface area contributed by atoms with Crippen LogP contribution in [-0.2, 0) is 10.8 Å². The molecular weight excluding hydrogens is 228 g/mol. The zero-order chi connectivity index (χ0) is 12.6. The van der Waals surface area contributed by atoms with Gasteiger partial charge in [0.25, 0.3) is 0 Å². The highest BCUT2D eigenvalue weighted by molar-refractivity contribution is 7.85. The first-order chi connectivity index (χ1) is 8.04. The molecular formula is C15H18OS. The number of aryl methyl sites for hydroxylation is 3. The van der Waals surface area contributed by atoms with E-state index in [1.54, 1.807) is 0 Å². The molecule has 0 saturated carbocycles. The molecule has 0 bridgehead atoms. The van der Waals surface area contributed by atoms with E-state index in [2.05, 4.69) is 39.0 Å². The maximum atomic E-state index is 12.1. The molecule has 0 aromatic rings. The highest BCUT2D eigenvalue weighted by atomic mass is 32.2. The smallest absolute Gasteiger partial charge is 0.0533 e. The zero-order valence-corrected chi connectivity index (χ0v) is 11.6. The van der Waals surface area contributed by atoms with E-state index in [1.165, 1.54) is 27.8 Å². The van der Waals surface area contributed by atoms with Gasteiger partial charge < -0.3 is 0 Å². The van der Waals surface area contributed by atoms with Crippen LogP contribution in [0, 0.1) is 20.8 Å². The summed E-state index contributed by atoms with van der Waals surface area (Å²) in [4.78, 5) is 0.985. The standard InChI is InChI=1S/C15H18OS/c1-5-17(16)14-7-6-13-11(3)8-10(2)9-12(4)15(13)14/h6-9H,5H2,1-4H3. The van der Waals surface area contributed by atoms with Crippen LogP contribution in [-0.4, -0.2) is 9.96 Å². The van der Waals surface area contributed by atoms with Crippen LogP contribution in [0.15, 0.2) is 29.2 Å². The molecule has 0 heterocycles. The monoisotopic (exact) mass is 246 g/mol. The molecule has 0 N–H and O–H groups in total. The first-order valence-electron chi connectivity index (χ1n) is 5.93. The summed E-state index contributed by atoms with van der Waals surface area (Å²) in [5, 5.41) is 0. The molecule has 1 unspecified atom stereocenters. The molecule has 2 heteroatoms. The Balaban J connectivity index is 2.78. The third kappa shape index (κ3) is 2.14. The van der Waals surface area contributed by atoms with E-state index in [-0.39, 0.29) is 0 Å². The summed E-state index contributed by atoms with van der Waals surface area (Å²) in [6.45, 7) is 8.29. The van der Waals surface area contributed by atoms with Crippen LogP contribution in [0.1, 0.15) is 23.6 Å². The molecule has 0 saturated heterocycles. The average molecular weight is 246 g/mol. The molecule has 2 rings (SSSR count). The van der Waals surface area contributed by atoms with Crippen molar-refractivity contribution in [3.05, 3.63) is 41.0 Å². The zero-order valence-electron chi connectivity index (χ0n) is 10.8. The molecule has 90 valence electrons. The van der Waals surface area contributed by atoms with E-state index in [4.69, 9.17) is 0 Å². The molecule has 17 heavy (non-hydrogen) atoms. The lowest BCUT2D eigenvalue weighted by atomic mass is 10.1. The van der Waals surface area contributed by atoms with Gasteiger partial charge in [-0.05, 0) is 43.5 Å². The lowest BCUT2D eigenvalue weighted by molar-refractivity contribution is 0.684. The third-order valence-electron chi connectivity index (χ3n) is 3.13. The summed E-state index contributed by atoms with van der Waals surface area (Å²) in [5.74, 6) is 0.676. The van der Waals surface area contributed by atoms with Crippen molar-refractivity contribution in [2.75, 3.05) is 5.75 Å². The quantitative estimate of drug-likeness (QED) is 0.786. The summed E-state index contributed by atoms with van der Waals surface area (Å²) < 4.78 is 12.1. The second-order valence-electron chi connectivity index (χ2n) is 4.52. The first-order valence-corrected chi connectivity index (χ1v) is 7.25. The number of fused-ring (bicyclic) bond motifs is 1. The highest BCUT2D eigenvalue weighted by Gasteiger charge is 2.16. The molecule has 0 spiro atoms. The number of hydrogen-bond donors (Lipinski definition) is 0. The predicted octanol–water partition coefficient (Wildman–Crippen LogP) is 3.84. The molecule has 2 aliphatic rings. The summed E-state index contributed by atoms with van der Waals surface area (Å²) in [7, 11) is -0.881. The number of rotatable bonds is 2. The second kappa shape index (κ2) is 4.61. The van der Waals surface area contributed by atoms with Crippen molar-refractivity contribution in [1.29, 1.82) is 0 Å². The molecule has 0 fully saturated rings. The lowest BCUT2D eigenvalue weighted by Gasteiger charge is -2.04. The summed E-state index contributed by atoms with van der Waals surface area (Å²) in [5.41, 5.74) is 6.13. The molecule has 0 aliphatic heterocycles. The molecule has 0 aromatic heterocycles. The van der Waals surface area contributed by atoms with Crippen LogP contribution < -0.4 is 0 Å². The first kappa shape index (κ1) is 12.3. The van der Waals surface area contributed by atoms with Crippen LogP contribution in [0.25, 0.3) is 11.1 Å². The Morgan fingerprint density at radius 1 is 1.06 bits per heavy atom. The minimum atomic E-state index is -0.881. The summed E-state index contributed by atoms with van der Waals surface area (Å²) >= 11 is 0. The van der Waals surface area contributed by atoms with Gasteiger partial charge >= 0.3 is 0 Å². The van der Waals surface area contributed by atoms with Gasteiger partial charge in [-0.25, -0.2) is 0 Å². The Labute approximate surface area is 106 Å². The van der Waals surface area contributed by atoms with Crippen LogP contribution >= 0.6 is 0 Å². The molecule has 1 atom stereocenters. The normalized spacial score (nSPS) is 12.9. The SMILES string of the molecule is CCS(=O)c1ccc2c(C)cc(C)cc(C)c1-2. The van der Waals surface area contributed by atoms with E-state index in [0.29, 0.717) is 5.75 Å². The van der Waals surface area contributed by atoms with Crippen molar-refractivity contribution in [2.24, 2.45) is 0 Å². The molecule has 0 radical (unpaired) electrons. The molecule has 1 nitrogen and oxygen atoms in total. The van der Waals surface area contributed by atoms with Crippen molar-refractivity contribution in [3.8, 4) is 11.1 Å². The van der Waals surface area contributed by atoms with Gasteiger partial charge in [0.05, 0.1) is 10.8 Å². The van der Waals surface area contributed by atoms with Gasteiger partial charge in [-0.3, -0.25) is 4.21 Å². The minimum absolute atomic E-state index is 0.676. The maximum absolute atomic E-state index is 12.1. The van der Waals surface area contributed by atoms with Gasteiger partial charge in [0.2, 0.25) is 0 Å². The average Bonchev–Trinajstić information content (AvgIpc) is 2.67. The van der Waals surface area contributed by atoms with Gasteiger partial charge in [-0.15, -0.1) is 0 Å². The maximum Gasteiger partial charge on any atom is 0.0533 e. The van der Waals surface area contributed by atoms with Crippen molar-refractivity contribution in [2.45, 2.75) is 32.6 Å². The number of hydrogen-bond acceptors (Lipinski definition) is 1. The lowest BCUT2D eigenvalue weighted by Crippen LogP contribution is -1.94. The fourth-order valence-corrected chi connectivity index (χ4v) is 3.44. The van der Waals surface area contributed by atoms with Crippen LogP contribution in [0.4, 0.5) is 0 Å². The minimum Gasteiger partial charge on any atom is -0.254 e. The van der Waals surface area contributed by atoms with Crippen LogP contribution in [0.3, 0.4) is 0 Å². The van der Waals surface area contributed by atoms with Crippen molar-refractivity contribution >= 4 is 10.8 Å². The van der Waals surface area contributed by atoms with Crippen molar-refractivity contribution in [3.63, 3.8) is 0 Å². The van der Waals surface area contributed by atoms with Gasteiger partial charge in [-0.2, -0.15) is 0 Å². The Hall–Kier alpha value is -1.15. The van der Waals surface area contributed by atoms with Crippen LogP contribution in [0.5, 0.6) is 0 Å². The van der Waals surface area contributed by atoms with E-state index < -0.39 is 10.8 Å². The summed E-state index contributed by atoms with van der Waals surface area (Å²) in [6, 6.07) is 8.47.